The molecule has 1 aliphatic rings. The van der Waals surface area contributed by atoms with Gasteiger partial charge in [-0.05, 0) is 37.3 Å². The summed E-state index contributed by atoms with van der Waals surface area (Å²) in [5.74, 6) is 2.54. The number of amides is 3. The molecule has 1 aliphatic carbocycles. The van der Waals surface area contributed by atoms with E-state index < -0.39 is 6.03 Å². The number of urea groups is 1. The molecule has 1 aromatic rings. The van der Waals surface area contributed by atoms with E-state index in [4.69, 9.17) is 11.2 Å². The fourth-order valence-corrected chi connectivity index (χ4v) is 2.60. The maximum absolute atomic E-state index is 11.7. The lowest BCUT2D eigenvalue weighted by atomic mass is 9.98. The summed E-state index contributed by atoms with van der Waals surface area (Å²) in [6.45, 7) is 0.337. The molecule has 134 valence electrons. The molecule has 0 radical (unpaired) electrons. The van der Waals surface area contributed by atoms with Crippen molar-refractivity contribution in [1.82, 2.24) is 20.9 Å². The molecule has 0 atom stereocenters. The normalized spacial score (nSPS) is 14.2. The number of carbonyl (C=O) groups is 2. The van der Waals surface area contributed by atoms with Gasteiger partial charge in [-0.1, -0.05) is 12.3 Å². The van der Waals surface area contributed by atoms with Crippen molar-refractivity contribution in [1.29, 1.82) is 0 Å². The van der Waals surface area contributed by atoms with E-state index in [1.165, 1.54) is 19.3 Å². The second-order valence-corrected chi connectivity index (χ2v) is 5.90. The first-order valence-electron chi connectivity index (χ1n) is 8.51. The SMILES string of the molecule is C#CCNC(=O)CNC(=O)NCc1ccnc(OC2CCCCC2)c1. The number of pyridine rings is 1. The topological polar surface area (TPSA) is 92.4 Å². The van der Waals surface area contributed by atoms with Crippen LogP contribution in [0.15, 0.2) is 18.3 Å². The Morgan fingerprint density at radius 2 is 2.04 bits per heavy atom. The van der Waals surface area contributed by atoms with E-state index in [2.05, 4.69) is 26.9 Å². The van der Waals surface area contributed by atoms with Crippen LogP contribution >= 0.6 is 0 Å². The maximum atomic E-state index is 11.7. The highest BCUT2D eigenvalue weighted by Gasteiger charge is 2.15. The zero-order valence-electron chi connectivity index (χ0n) is 14.2. The van der Waals surface area contributed by atoms with Crippen LogP contribution in [-0.4, -0.2) is 36.1 Å². The Hall–Kier alpha value is -2.75. The van der Waals surface area contributed by atoms with Gasteiger partial charge in [0.15, 0.2) is 0 Å². The number of ether oxygens (including phenoxy) is 1. The molecule has 3 N–H and O–H groups in total. The van der Waals surface area contributed by atoms with E-state index in [0.29, 0.717) is 12.4 Å². The largest absolute Gasteiger partial charge is 0.474 e. The number of terminal acetylenes is 1. The lowest BCUT2D eigenvalue weighted by molar-refractivity contribution is -0.119. The summed E-state index contributed by atoms with van der Waals surface area (Å²) in [6.07, 6.45) is 12.7. The molecule has 2 rings (SSSR count). The molecular weight excluding hydrogens is 320 g/mol. The quantitative estimate of drug-likeness (QED) is 0.651. The van der Waals surface area contributed by atoms with Crippen LogP contribution in [0.1, 0.15) is 37.7 Å². The highest BCUT2D eigenvalue weighted by molar-refractivity contribution is 5.83. The number of carbonyl (C=O) groups excluding carboxylic acids is 2. The number of nitrogens with zero attached hydrogens (tertiary/aromatic N) is 1. The van der Waals surface area contributed by atoms with Crippen molar-refractivity contribution in [2.45, 2.75) is 44.8 Å². The Labute approximate surface area is 147 Å². The minimum atomic E-state index is -0.428. The molecule has 0 aromatic carbocycles. The predicted octanol–water partition coefficient (Wildman–Crippen LogP) is 1.34. The third-order valence-corrected chi connectivity index (χ3v) is 3.89. The second kappa shape index (κ2) is 10.2. The number of nitrogens with one attached hydrogen (secondary N) is 3. The lowest BCUT2D eigenvalue weighted by Crippen LogP contribution is -2.41. The zero-order valence-corrected chi connectivity index (χ0v) is 14.2. The average molecular weight is 344 g/mol. The van der Waals surface area contributed by atoms with Crippen molar-refractivity contribution in [2.24, 2.45) is 0 Å². The van der Waals surface area contributed by atoms with Crippen LogP contribution in [0, 0.1) is 12.3 Å². The van der Waals surface area contributed by atoms with Crippen LogP contribution in [0.4, 0.5) is 4.79 Å². The number of hydrogen-bond donors (Lipinski definition) is 3. The third-order valence-electron chi connectivity index (χ3n) is 3.89. The van der Waals surface area contributed by atoms with Crippen molar-refractivity contribution in [3.05, 3.63) is 23.9 Å². The number of aromatic nitrogens is 1. The second-order valence-electron chi connectivity index (χ2n) is 5.90. The summed E-state index contributed by atoms with van der Waals surface area (Å²) in [5, 5.41) is 7.62. The summed E-state index contributed by atoms with van der Waals surface area (Å²) in [4.78, 5) is 27.3. The van der Waals surface area contributed by atoms with E-state index >= 15 is 0 Å². The van der Waals surface area contributed by atoms with E-state index in [1.807, 2.05) is 12.1 Å². The highest BCUT2D eigenvalue weighted by atomic mass is 16.5. The Morgan fingerprint density at radius 1 is 1.24 bits per heavy atom. The van der Waals surface area contributed by atoms with Gasteiger partial charge in [-0.3, -0.25) is 4.79 Å². The molecule has 0 saturated heterocycles. The summed E-state index contributed by atoms with van der Waals surface area (Å²) in [6, 6.07) is 3.21. The summed E-state index contributed by atoms with van der Waals surface area (Å²) < 4.78 is 5.91. The van der Waals surface area contributed by atoms with Gasteiger partial charge in [0, 0.05) is 18.8 Å². The van der Waals surface area contributed by atoms with Crippen molar-refractivity contribution in [3.63, 3.8) is 0 Å². The smallest absolute Gasteiger partial charge is 0.315 e. The number of rotatable bonds is 7. The average Bonchev–Trinajstić information content (AvgIpc) is 2.64. The van der Waals surface area contributed by atoms with Gasteiger partial charge in [0.1, 0.15) is 6.10 Å². The Morgan fingerprint density at radius 3 is 2.80 bits per heavy atom. The standard InChI is InChI=1S/C18H24N4O3/c1-2-9-19-16(23)13-22-18(24)21-12-14-8-10-20-17(11-14)25-15-6-4-3-5-7-15/h1,8,10-11,15H,3-7,9,12-13H2,(H,19,23)(H2,21,22,24). The molecule has 1 saturated carbocycles. The molecule has 7 heteroatoms. The first-order chi connectivity index (χ1) is 12.2. The monoisotopic (exact) mass is 344 g/mol. The minimum Gasteiger partial charge on any atom is -0.474 e. The molecule has 25 heavy (non-hydrogen) atoms. The molecule has 1 aromatic heterocycles. The molecule has 0 bridgehead atoms. The van der Waals surface area contributed by atoms with Crippen molar-refractivity contribution >= 4 is 11.9 Å². The van der Waals surface area contributed by atoms with Crippen LogP contribution in [-0.2, 0) is 11.3 Å². The van der Waals surface area contributed by atoms with Gasteiger partial charge in [-0.2, -0.15) is 0 Å². The molecule has 0 aliphatic heterocycles. The first kappa shape index (κ1) is 18.6. The summed E-state index contributed by atoms with van der Waals surface area (Å²) in [7, 11) is 0. The molecule has 3 amide bonds. The van der Waals surface area contributed by atoms with Crippen molar-refractivity contribution in [2.75, 3.05) is 13.1 Å². The van der Waals surface area contributed by atoms with Gasteiger partial charge in [0.2, 0.25) is 11.8 Å². The minimum absolute atomic E-state index is 0.125. The van der Waals surface area contributed by atoms with Gasteiger partial charge < -0.3 is 20.7 Å². The Balaban J connectivity index is 1.73. The zero-order chi connectivity index (χ0) is 17.9. The van der Waals surface area contributed by atoms with Crippen LogP contribution in [0.5, 0.6) is 5.88 Å². The van der Waals surface area contributed by atoms with Crippen LogP contribution in [0.2, 0.25) is 0 Å². The summed E-state index contributed by atoms with van der Waals surface area (Å²) in [5.41, 5.74) is 0.882. The van der Waals surface area contributed by atoms with Gasteiger partial charge in [0.05, 0.1) is 13.1 Å². The lowest BCUT2D eigenvalue weighted by Gasteiger charge is -2.22. The van der Waals surface area contributed by atoms with Gasteiger partial charge >= 0.3 is 6.03 Å². The summed E-state index contributed by atoms with van der Waals surface area (Å²) >= 11 is 0. The van der Waals surface area contributed by atoms with Crippen LogP contribution in [0.25, 0.3) is 0 Å². The van der Waals surface area contributed by atoms with Gasteiger partial charge in [-0.15, -0.1) is 6.42 Å². The Bertz CT molecular complexity index is 621. The predicted molar refractivity (Wildman–Crippen MR) is 93.8 cm³/mol. The van der Waals surface area contributed by atoms with Gasteiger partial charge in [-0.25, -0.2) is 9.78 Å². The fourth-order valence-electron chi connectivity index (χ4n) is 2.60. The molecule has 0 spiro atoms. The molecule has 1 fully saturated rings. The maximum Gasteiger partial charge on any atom is 0.315 e. The van der Waals surface area contributed by atoms with E-state index in [1.54, 1.807) is 6.20 Å². The fraction of sp³-hybridized carbons (Fsp3) is 0.500. The van der Waals surface area contributed by atoms with E-state index in [-0.39, 0.29) is 25.1 Å². The van der Waals surface area contributed by atoms with Crippen LogP contribution < -0.4 is 20.7 Å². The van der Waals surface area contributed by atoms with Crippen LogP contribution in [0.3, 0.4) is 0 Å². The Kier molecular flexibility index (Phi) is 7.57. The first-order valence-corrected chi connectivity index (χ1v) is 8.51. The third kappa shape index (κ3) is 7.12. The molecular formula is C18H24N4O3. The van der Waals surface area contributed by atoms with E-state index in [0.717, 1.165) is 18.4 Å². The highest BCUT2D eigenvalue weighted by Crippen LogP contribution is 2.22. The number of hydrogen-bond acceptors (Lipinski definition) is 4. The van der Waals surface area contributed by atoms with Gasteiger partial charge in [0.25, 0.3) is 0 Å². The molecule has 0 unspecified atom stereocenters. The molecule has 7 nitrogen and oxygen atoms in total. The molecule has 1 heterocycles. The van der Waals surface area contributed by atoms with E-state index in [9.17, 15) is 9.59 Å². The van der Waals surface area contributed by atoms with Crippen molar-refractivity contribution in [3.8, 4) is 18.2 Å². The van der Waals surface area contributed by atoms with Crippen molar-refractivity contribution < 1.29 is 14.3 Å².